The number of likely N-dealkylation sites (N-methyl/N-ethyl adjacent to an activating group) is 1. The average molecular weight is 434 g/mol. The largest absolute Gasteiger partial charge is 0.352 e. The van der Waals surface area contributed by atoms with E-state index in [0.717, 1.165) is 34.4 Å². The summed E-state index contributed by atoms with van der Waals surface area (Å²) >= 11 is 0. The van der Waals surface area contributed by atoms with Crippen molar-refractivity contribution < 1.29 is 8.78 Å². The van der Waals surface area contributed by atoms with Gasteiger partial charge in [0.05, 0.1) is 6.54 Å². The van der Waals surface area contributed by atoms with E-state index in [2.05, 4.69) is 30.7 Å². The molecule has 0 spiro atoms. The third-order valence-electron chi connectivity index (χ3n) is 4.60. The summed E-state index contributed by atoms with van der Waals surface area (Å²) in [5.41, 5.74) is -1.04. The van der Waals surface area contributed by atoms with E-state index in [1.54, 1.807) is 0 Å². The van der Waals surface area contributed by atoms with Crippen LogP contribution in [0, 0.1) is 11.6 Å². The van der Waals surface area contributed by atoms with Gasteiger partial charge in [-0.2, -0.15) is 0 Å². The fourth-order valence-corrected chi connectivity index (χ4v) is 2.89. The van der Waals surface area contributed by atoms with Crippen molar-refractivity contribution in [3.8, 4) is 0 Å². The lowest BCUT2D eigenvalue weighted by Gasteiger charge is -2.12. The standard InChI is InChI=1S/C19H24F2N8O2/c1-27(2)9-8-22-6-7-23-18-24-15-16(25-26-18)29(19(31)28(3)17(15)30)11-12-4-5-13(20)14(21)10-12/h4-5,10,22H,6-9,11H2,1-3H3,(H,23,24,26). The average Bonchev–Trinajstić information content (AvgIpc) is 2.74. The Kier molecular flexibility index (Phi) is 7.02. The van der Waals surface area contributed by atoms with E-state index in [1.807, 2.05) is 14.1 Å². The van der Waals surface area contributed by atoms with Gasteiger partial charge in [0.1, 0.15) is 0 Å². The number of fused-ring (bicyclic) bond motifs is 1. The maximum absolute atomic E-state index is 13.6. The minimum atomic E-state index is -1.03. The van der Waals surface area contributed by atoms with Crippen LogP contribution in [0.4, 0.5) is 14.7 Å². The number of anilines is 1. The van der Waals surface area contributed by atoms with Crippen molar-refractivity contribution >= 4 is 17.1 Å². The van der Waals surface area contributed by atoms with Crippen LogP contribution in [0.15, 0.2) is 27.8 Å². The maximum atomic E-state index is 13.6. The minimum absolute atomic E-state index is 0.0347. The Bertz CT molecular complexity index is 1190. The highest BCUT2D eigenvalue weighted by molar-refractivity contribution is 5.69. The van der Waals surface area contributed by atoms with Gasteiger partial charge in [0.25, 0.3) is 5.56 Å². The highest BCUT2D eigenvalue weighted by Crippen LogP contribution is 2.11. The van der Waals surface area contributed by atoms with E-state index >= 15 is 0 Å². The molecule has 0 saturated carbocycles. The SMILES string of the molecule is CN(C)CCNCCNc1nnc2c(n1)c(=O)n(C)c(=O)n2Cc1ccc(F)c(F)c1. The van der Waals surface area contributed by atoms with E-state index < -0.39 is 22.9 Å². The third kappa shape index (κ3) is 5.27. The molecule has 3 aromatic rings. The van der Waals surface area contributed by atoms with Crippen molar-refractivity contribution in [3.63, 3.8) is 0 Å². The molecule has 2 aromatic heterocycles. The lowest BCUT2D eigenvalue weighted by atomic mass is 10.2. The molecule has 10 nitrogen and oxygen atoms in total. The van der Waals surface area contributed by atoms with Crippen LogP contribution in [-0.2, 0) is 13.6 Å². The van der Waals surface area contributed by atoms with Gasteiger partial charge in [0.2, 0.25) is 5.95 Å². The number of hydrogen-bond acceptors (Lipinski definition) is 8. The van der Waals surface area contributed by atoms with Crippen LogP contribution < -0.4 is 21.9 Å². The summed E-state index contributed by atoms with van der Waals surface area (Å²) in [6.07, 6.45) is 0. The fraction of sp³-hybridized carbons (Fsp3) is 0.421. The predicted molar refractivity (Wildman–Crippen MR) is 112 cm³/mol. The molecule has 0 aliphatic carbocycles. The summed E-state index contributed by atoms with van der Waals surface area (Å²) in [6.45, 7) is 2.76. The van der Waals surface area contributed by atoms with E-state index in [9.17, 15) is 18.4 Å². The monoisotopic (exact) mass is 434 g/mol. The van der Waals surface area contributed by atoms with Crippen molar-refractivity contribution in [1.29, 1.82) is 0 Å². The molecular formula is C19H24F2N8O2. The normalized spacial score (nSPS) is 11.4. The highest BCUT2D eigenvalue weighted by atomic mass is 19.2. The summed E-state index contributed by atoms with van der Waals surface area (Å²) in [7, 11) is 5.29. The maximum Gasteiger partial charge on any atom is 0.332 e. The molecule has 0 unspecified atom stereocenters. The summed E-state index contributed by atoms with van der Waals surface area (Å²) < 4.78 is 28.8. The molecule has 2 N–H and O–H groups in total. The molecule has 1 aromatic carbocycles. The lowest BCUT2D eigenvalue weighted by molar-refractivity contribution is 0.402. The van der Waals surface area contributed by atoms with Crippen LogP contribution in [0.5, 0.6) is 0 Å². The van der Waals surface area contributed by atoms with Crippen molar-refractivity contribution in [2.75, 3.05) is 45.6 Å². The highest BCUT2D eigenvalue weighted by Gasteiger charge is 2.16. The first kappa shape index (κ1) is 22.4. The number of nitrogens with one attached hydrogen (secondary N) is 2. The Morgan fingerprint density at radius 3 is 2.55 bits per heavy atom. The second kappa shape index (κ2) is 9.71. The first-order valence-electron chi connectivity index (χ1n) is 9.65. The molecule has 0 saturated heterocycles. The number of nitrogens with zero attached hydrogens (tertiary/aromatic N) is 6. The molecule has 0 radical (unpaired) electrons. The first-order valence-corrected chi connectivity index (χ1v) is 9.65. The van der Waals surface area contributed by atoms with Gasteiger partial charge in [-0.3, -0.25) is 13.9 Å². The predicted octanol–water partition coefficient (Wildman–Crippen LogP) is -0.225. The Morgan fingerprint density at radius 1 is 1.06 bits per heavy atom. The summed E-state index contributed by atoms with van der Waals surface area (Å²) in [6, 6.07) is 3.30. The van der Waals surface area contributed by atoms with Gasteiger partial charge in [-0.25, -0.2) is 18.6 Å². The Morgan fingerprint density at radius 2 is 1.84 bits per heavy atom. The van der Waals surface area contributed by atoms with Gasteiger partial charge < -0.3 is 15.5 Å². The van der Waals surface area contributed by atoms with Gasteiger partial charge in [0.15, 0.2) is 22.8 Å². The second-order valence-electron chi connectivity index (χ2n) is 7.27. The first-order chi connectivity index (χ1) is 14.8. The van der Waals surface area contributed by atoms with E-state index in [-0.39, 0.29) is 23.7 Å². The molecule has 0 bridgehead atoms. The smallest absolute Gasteiger partial charge is 0.332 e. The van der Waals surface area contributed by atoms with Crippen LogP contribution in [0.2, 0.25) is 0 Å². The zero-order valence-corrected chi connectivity index (χ0v) is 17.5. The molecular weight excluding hydrogens is 410 g/mol. The van der Waals surface area contributed by atoms with Crippen LogP contribution >= 0.6 is 0 Å². The lowest BCUT2D eigenvalue weighted by Crippen LogP contribution is -2.39. The van der Waals surface area contributed by atoms with Crippen LogP contribution in [0.3, 0.4) is 0 Å². The second-order valence-corrected chi connectivity index (χ2v) is 7.27. The van der Waals surface area contributed by atoms with E-state index in [1.165, 1.54) is 13.1 Å². The Hall–Kier alpha value is -3.25. The molecule has 0 aliphatic rings. The van der Waals surface area contributed by atoms with Crippen molar-refractivity contribution in [2.45, 2.75) is 6.54 Å². The van der Waals surface area contributed by atoms with Crippen LogP contribution in [0.1, 0.15) is 5.56 Å². The molecule has 0 atom stereocenters. The number of hydrogen-bond donors (Lipinski definition) is 2. The van der Waals surface area contributed by atoms with Crippen molar-refractivity contribution in [1.82, 2.24) is 34.5 Å². The summed E-state index contributed by atoms with van der Waals surface area (Å²) in [5.74, 6) is -1.87. The summed E-state index contributed by atoms with van der Waals surface area (Å²) in [4.78, 5) is 31.4. The fourth-order valence-electron chi connectivity index (χ4n) is 2.89. The van der Waals surface area contributed by atoms with Crippen molar-refractivity contribution in [3.05, 3.63) is 56.2 Å². The Labute approximate surface area is 176 Å². The molecule has 166 valence electrons. The minimum Gasteiger partial charge on any atom is -0.352 e. The zero-order chi connectivity index (χ0) is 22.5. The number of benzene rings is 1. The van der Waals surface area contributed by atoms with Crippen molar-refractivity contribution in [2.24, 2.45) is 7.05 Å². The Balaban J connectivity index is 1.84. The number of rotatable bonds is 9. The number of aromatic nitrogens is 5. The van der Waals surface area contributed by atoms with Gasteiger partial charge >= 0.3 is 5.69 Å². The molecule has 3 rings (SSSR count). The third-order valence-corrected chi connectivity index (χ3v) is 4.60. The van der Waals surface area contributed by atoms with Gasteiger partial charge in [-0.15, -0.1) is 10.2 Å². The molecule has 12 heteroatoms. The van der Waals surface area contributed by atoms with Gasteiger partial charge in [-0.05, 0) is 31.8 Å². The molecule has 0 fully saturated rings. The van der Waals surface area contributed by atoms with Crippen LogP contribution in [0.25, 0.3) is 11.2 Å². The quantitative estimate of drug-likeness (QED) is 0.445. The molecule has 0 amide bonds. The molecule has 31 heavy (non-hydrogen) atoms. The molecule has 2 heterocycles. The number of halogens is 2. The van der Waals surface area contributed by atoms with E-state index in [4.69, 9.17) is 0 Å². The van der Waals surface area contributed by atoms with Crippen LogP contribution in [-0.4, -0.2) is 69.5 Å². The van der Waals surface area contributed by atoms with Gasteiger partial charge in [-0.1, -0.05) is 6.07 Å². The van der Waals surface area contributed by atoms with E-state index in [0.29, 0.717) is 18.7 Å². The zero-order valence-electron chi connectivity index (χ0n) is 17.5. The molecule has 0 aliphatic heterocycles. The van der Waals surface area contributed by atoms with Gasteiger partial charge in [0, 0.05) is 33.2 Å². The summed E-state index contributed by atoms with van der Waals surface area (Å²) in [5, 5.41) is 14.2. The topological polar surface area (TPSA) is 110 Å².